The second-order valence-electron chi connectivity index (χ2n) is 9.74. The maximum absolute atomic E-state index is 11.1. The molecule has 0 saturated heterocycles. The summed E-state index contributed by atoms with van der Waals surface area (Å²) in [4.78, 5) is 0. The minimum Gasteiger partial charge on any atom is -0.393 e. The molecule has 3 saturated carbocycles. The van der Waals surface area contributed by atoms with E-state index >= 15 is 0 Å². The van der Waals surface area contributed by atoms with Crippen molar-refractivity contribution < 1.29 is 10.2 Å². The molecule has 0 aliphatic heterocycles. The summed E-state index contributed by atoms with van der Waals surface area (Å²) in [6.07, 6.45) is 8.43. The van der Waals surface area contributed by atoms with Crippen molar-refractivity contribution in [1.29, 1.82) is 0 Å². The Morgan fingerprint density at radius 1 is 1.00 bits per heavy atom. The Labute approximate surface area is 135 Å². The van der Waals surface area contributed by atoms with Gasteiger partial charge in [0.1, 0.15) is 0 Å². The third-order valence-electron chi connectivity index (χ3n) is 8.50. The van der Waals surface area contributed by atoms with Crippen LogP contribution in [-0.2, 0) is 0 Å². The normalized spacial score (nSPS) is 56.1. The van der Waals surface area contributed by atoms with E-state index in [1.807, 2.05) is 0 Å². The van der Waals surface area contributed by atoms with Crippen molar-refractivity contribution in [2.24, 2.45) is 34.0 Å². The van der Waals surface area contributed by atoms with Crippen LogP contribution in [0, 0.1) is 34.0 Å². The van der Waals surface area contributed by atoms with Crippen molar-refractivity contribution in [3.8, 4) is 0 Å². The Hall–Kier alpha value is -0.340. The van der Waals surface area contributed by atoms with Crippen LogP contribution in [0.25, 0.3) is 0 Å². The molecule has 7 atom stereocenters. The van der Waals surface area contributed by atoms with E-state index in [1.165, 1.54) is 18.4 Å². The molecule has 4 aliphatic carbocycles. The van der Waals surface area contributed by atoms with E-state index in [1.54, 1.807) is 0 Å². The van der Waals surface area contributed by atoms with Gasteiger partial charge in [0.25, 0.3) is 0 Å². The Morgan fingerprint density at radius 3 is 2.45 bits per heavy atom. The summed E-state index contributed by atoms with van der Waals surface area (Å²) >= 11 is 0. The third-order valence-corrected chi connectivity index (χ3v) is 8.50. The molecule has 0 aromatic rings. The lowest BCUT2D eigenvalue weighted by atomic mass is 9.40. The molecule has 2 N–H and O–H groups in total. The van der Waals surface area contributed by atoms with Crippen molar-refractivity contribution >= 4 is 0 Å². The zero-order valence-electron chi connectivity index (χ0n) is 14.6. The van der Waals surface area contributed by atoms with E-state index in [0.717, 1.165) is 25.7 Å². The predicted molar refractivity (Wildman–Crippen MR) is 88.3 cm³/mol. The highest BCUT2D eigenvalue weighted by molar-refractivity contribution is 5.29. The number of aliphatic hydroxyl groups is 2. The molecule has 1 spiro atoms. The number of aliphatic hydroxyl groups excluding tert-OH is 2. The summed E-state index contributed by atoms with van der Waals surface area (Å²) in [7, 11) is 0. The molecular weight excluding hydrogens is 272 g/mol. The van der Waals surface area contributed by atoms with Gasteiger partial charge in [0, 0.05) is 10.8 Å². The smallest absolute Gasteiger partial charge is 0.0637 e. The van der Waals surface area contributed by atoms with E-state index in [0.29, 0.717) is 17.8 Å². The summed E-state index contributed by atoms with van der Waals surface area (Å²) < 4.78 is 0. The highest BCUT2D eigenvalue weighted by Crippen LogP contribution is 2.70. The SMILES string of the molecule is CC1=C[C@]23C[C@H]1CC[C@H]2[C@@]1(C)[C@H](C[C@H]3O)C(C)(C)CC[C@@H]1O. The maximum Gasteiger partial charge on any atom is 0.0637 e. The average molecular weight is 304 g/mol. The molecule has 2 bridgehead atoms. The van der Waals surface area contributed by atoms with Crippen LogP contribution in [0.1, 0.15) is 66.2 Å². The highest BCUT2D eigenvalue weighted by Gasteiger charge is 2.67. The standard InChI is InChI=1S/C20H32O2/c1-12-10-20-11-13(12)5-6-14(20)19(4)15(9-17(20)22)18(2,3)8-7-16(19)21/h10,13-17,21-22H,5-9,11H2,1-4H3/t13-,14+,15-,16+,17-,19+,20+/m1/s1. The first-order valence-corrected chi connectivity index (χ1v) is 9.27. The molecule has 3 fully saturated rings. The van der Waals surface area contributed by atoms with Gasteiger partial charge in [0.15, 0.2) is 0 Å². The number of fused-ring (bicyclic) bond motifs is 3. The van der Waals surface area contributed by atoms with E-state index in [2.05, 4.69) is 33.8 Å². The summed E-state index contributed by atoms with van der Waals surface area (Å²) in [5, 5.41) is 22.2. The Balaban J connectivity index is 1.84. The minimum atomic E-state index is -0.222. The molecule has 2 nitrogen and oxygen atoms in total. The quantitative estimate of drug-likeness (QED) is 0.666. The molecule has 0 amide bonds. The molecule has 4 aliphatic rings. The summed E-state index contributed by atoms with van der Waals surface area (Å²) in [5.74, 6) is 1.55. The minimum absolute atomic E-state index is 0.0347. The van der Waals surface area contributed by atoms with Crippen LogP contribution in [0.5, 0.6) is 0 Å². The zero-order chi connectivity index (χ0) is 15.9. The van der Waals surface area contributed by atoms with Gasteiger partial charge in [-0.25, -0.2) is 0 Å². The van der Waals surface area contributed by atoms with Gasteiger partial charge >= 0.3 is 0 Å². The fourth-order valence-electron chi connectivity index (χ4n) is 7.31. The van der Waals surface area contributed by atoms with Gasteiger partial charge in [0.05, 0.1) is 12.2 Å². The molecule has 0 aromatic carbocycles. The first-order valence-electron chi connectivity index (χ1n) is 9.27. The number of hydrogen-bond acceptors (Lipinski definition) is 2. The van der Waals surface area contributed by atoms with Gasteiger partial charge < -0.3 is 10.2 Å². The highest BCUT2D eigenvalue weighted by atomic mass is 16.3. The van der Waals surface area contributed by atoms with Gasteiger partial charge in [-0.05, 0) is 68.6 Å². The monoisotopic (exact) mass is 304 g/mol. The van der Waals surface area contributed by atoms with Gasteiger partial charge in [-0.2, -0.15) is 0 Å². The molecular formula is C20H32O2. The van der Waals surface area contributed by atoms with Crippen molar-refractivity contribution in [3.05, 3.63) is 11.6 Å². The zero-order valence-corrected chi connectivity index (χ0v) is 14.6. The van der Waals surface area contributed by atoms with E-state index in [-0.39, 0.29) is 28.5 Å². The lowest BCUT2D eigenvalue weighted by Crippen LogP contribution is -2.65. The van der Waals surface area contributed by atoms with Crippen LogP contribution in [0.3, 0.4) is 0 Å². The molecule has 0 radical (unpaired) electrons. The van der Waals surface area contributed by atoms with Crippen LogP contribution in [0.15, 0.2) is 11.6 Å². The Kier molecular flexibility index (Phi) is 3.03. The Morgan fingerprint density at radius 2 is 1.73 bits per heavy atom. The van der Waals surface area contributed by atoms with Crippen LogP contribution in [-0.4, -0.2) is 22.4 Å². The number of rotatable bonds is 0. The molecule has 0 heterocycles. The predicted octanol–water partition coefficient (Wildman–Crippen LogP) is 3.92. The van der Waals surface area contributed by atoms with Gasteiger partial charge in [-0.1, -0.05) is 32.4 Å². The summed E-state index contributed by atoms with van der Waals surface area (Å²) in [6.45, 7) is 9.31. The van der Waals surface area contributed by atoms with E-state index in [9.17, 15) is 10.2 Å². The number of allylic oxidation sites excluding steroid dienone is 1. The third kappa shape index (κ3) is 1.64. The molecule has 4 rings (SSSR count). The second kappa shape index (κ2) is 4.39. The van der Waals surface area contributed by atoms with Gasteiger partial charge in [0.2, 0.25) is 0 Å². The van der Waals surface area contributed by atoms with Gasteiger partial charge in [-0.15, -0.1) is 0 Å². The summed E-state index contributed by atoms with van der Waals surface area (Å²) in [5.41, 5.74) is 1.64. The molecule has 0 unspecified atom stereocenters. The van der Waals surface area contributed by atoms with E-state index in [4.69, 9.17) is 0 Å². The first-order chi connectivity index (χ1) is 10.2. The fraction of sp³-hybridized carbons (Fsp3) is 0.900. The topological polar surface area (TPSA) is 40.5 Å². The van der Waals surface area contributed by atoms with Crippen LogP contribution >= 0.6 is 0 Å². The van der Waals surface area contributed by atoms with Crippen LogP contribution in [0.2, 0.25) is 0 Å². The van der Waals surface area contributed by atoms with Crippen molar-refractivity contribution in [2.75, 3.05) is 0 Å². The fourth-order valence-corrected chi connectivity index (χ4v) is 7.31. The summed E-state index contributed by atoms with van der Waals surface area (Å²) in [6, 6.07) is 0. The first kappa shape index (κ1) is 15.2. The largest absolute Gasteiger partial charge is 0.393 e. The molecule has 0 aromatic heterocycles. The molecule has 22 heavy (non-hydrogen) atoms. The van der Waals surface area contributed by atoms with Gasteiger partial charge in [-0.3, -0.25) is 0 Å². The second-order valence-corrected chi connectivity index (χ2v) is 9.74. The van der Waals surface area contributed by atoms with Crippen molar-refractivity contribution in [3.63, 3.8) is 0 Å². The maximum atomic E-state index is 11.1. The van der Waals surface area contributed by atoms with Crippen molar-refractivity contribution in [2.45, 2.75) is 78.4 Å². The van der Waals surface area contributed by atoms with Crippen LogP contribution in [0.4, 0.5) is 0 Å². The molecule has 2 heteroatoms. The molecule has 124 valence electrons. The van der Waals surface area contributed by atoms with Crippen LogP contribution < -0.4 is 0 Å². The lowest BCUT2D eigenvalue weighted by Gasteiger charge is -2.66. The van der Waals surface area contributed by atoms with E-state index < -0.39 is 0 Å². The van der Waals surface area contributed by atoms with Crippen molar-refractivity contribution in [1.82, 2.24) is 0 Å². The lowest BCUT2D eigenvalue weighted by molar-refractivity contribution is -0.224. The average Bonchev–Trinajstić information content (AvgIpc) is 2.70. The number of hydrogen-bond donors (Lipinski definition) is 2. The Bertz CT molecular complexity index is 522.